The number of urea groups is 1. The van der Waals surface area contributed by atoms with Gasteiger partial charge in [-0.2, -0.15) is 0 Å². The molecule has 1 heterocycles. The number of carboxylic acids is 1. The van der Waals surface area contributed by atoms with E-state index in [4.69, 9.17) is 9.84 Å². The second-order valence-electron chi connectivity index (χ2n) is 3.61. The van der Waals surface area contributed by atoms with Gasteiger partial charge in [-0.1, -0.05) is 6.07 Å². The van der Waals surface area contributed by atoms with Crippen molar-refractivity contribution in [2.24, 2.45) is 0 Å². The van der Waals surface area contributed by atoms with Gasteiger partial charge in [0.05, 0.1) is 19.3 Å². The summed E-state index contributed by atoms with van der Waals surface area (Å²) in [5.41, 5.74) is 0.506. The summed E-state index contributed by atoms with van der Waals surface area (Å²) in [7, 11) is 1.51. The van der Waals surface area contributed by atoms with Crippen LogP contribution in [0.25, 0.3) is 0 Å². The van der Waals surface area contributed by atoms with Crippen LogP contribution in [0.2, 0.25) is 0 Å². The van der Waals surface area contributed by atoms with Gasteiger partial charge >= 0.3 is 12.0 Å². The fraction of sp³-hybridized carbons (Fsp3) is 0.273. The lowest BCUT2D eigenvalue weighted by molar-refractivity contribution is -0.137. The van der Waals surface area contributed by atoms with Crippen LogP contribution in [0.3, 0.4) is 0 Å². The van der Waals surface area contributed by atoms with E-state index in [1.807, 2.05) is 0 Å². The standard InChI is InChI=1S/C11H12N2O4/c1-17-8-4-2-3-7(5-8)13-9(10(14)15)6-12-11(13)16/h2-5,9H,6H2,1H3,(H,12,16)(H,14,15). The van der Waals surface area contributed by atoms with Crippen LogP contribution in [0.5, 0.6) is 5.75 Å². The van der Waals surface area contributed by atoms with Gasteiger partial charge in [0, 0.05) is 6.07 Å². The Balaban J connectivity index is 2.35. The molecule has 2 N–H and O–H groups in total. The summed E-state index contributed by atoms with van der Waals surface area (Å²) in [6.45, 7) is 0.103. The molecule has 0 aliphatic carbocycles. The third-order valence-corrected chi connectivity index (χ3v) is 2.59. The van der Waals surface area contributed by atoms with Crippen molar-refractivity contribution >= 4 is 17.7 Å². The number of benzene rings is 1. The van der Waals surface area contributed by atoms with E-state index in [2.05, 4.69) is 5.32 Å². The molecule has 1 aromatic carbocycles. The van der Waals surface area contributed by atoms with Crippen molar-refractivity contribution in [3.63, 3.8) is 0 Å². The Morgan fingerprint density at radius 1 is 1.59 bits per heavy atom. The van der Waals surface area contributed by atoms with Gasteiger partial charge in [-0.15, -0.1) is 0 Å². The molecule has 1 fully saturated rings. The molecule has 2 rings (SSSR count). The number of anilines is 1. The van der Waals surface area contributed by atoms with E-state index in [1.54, 1.807) is 24.3 Å². The lowest BCUT2D eigenvalue weighted by atomic mass is 10.2. The molecule has 2 amide bonds. The van der Waals surface area contributed by atoms with Gasteiger partial charge in [0.1, 0.15) is 5.75 Å². The normalized spacial score (nSPS) is 19.0. The van der Waals surface area contributed by atoms with Gasteiger partial charge < -0.3 is 15.2 Å². The van der Waals surface area contributed by atoms with Crippen molar-refractivity contribution in [1.82, 2.24) is 5.32 Å². The van der Waals surface area contributed by atoms with E-state index >= 15 is 0 Å². The maximum Gasteiger partial charge on any atom is 0.328 e. The maximum atomic E-state index is 11.6. The second-order valence-corrected chi connectivity index (χ2v) is 3.61. The van der Waals surface area contributed by atoms with Gasteiger partial charge in [-0.3, -0.25) is 4.90 Å². The van der Waals surface area contributed by atoms with Gasteiger partial charge in [-0.05, 0) is 12.1 Å². The van der Waals surface area contributed by atoms with Crippen LogP contribution in [0.4, 0.5) is 10.5 Å². The summed E-state index contributed by atoms with van der Waals surface area (Å²) < 4.78 is 5.04. The minimum Gasteiger partial charge on any atom is -0.497 e. The predicted molar refractivity (Wildman–Crippen MR) is 60.3 cm³/mol. The average Bonchev–Trinajstić information content (AvgIpc) is 2.71. The van der Waals surface area contributed by atoms with Crippen LogP contribution in [0.1, 0.15) is 0 Å². The maximum absolute atomic E-state index is 11.6. The molecule has 6 nitrogen and oxygen atoms in total. The molecule has 6 heteroatoms. The van der Waals surface area contributed by atoms with E-state index in [0.29, 0.717) is 11.4 Å². The first kappa shape index (κ1) is 11.3. The Kier molecular flexibility index (Phi) is 2.86. The molecule has 0 bridgehead atoms. The quantitative estimate of drug-likeness (QED) is 0.808. The molecule has 0 radical (unpaired) electrons. The Labute approximate surface area is 97.8 Å². The molecule has 0 saturated carbocycles. The highest BCUT2D eigenvalue weighted by atomic mass is 16.5. The number of carbonyl (C=O) groups is 2. The Morgan fingerprint density at radius 3 is 3.00 bits per heavy atom. The smallest absolute Gasteiger partial charge is 0.328 e. The zero-order valence-corrected chi connectivity index (χ0v) is 9.21. The van der Waals surface area contributed by atoms with E-state index < -0.39 is 18.0 Å². The van der Waals surface area contributed by atoms with Crippen molar-refractivity contribution in [3.8, 4) is 5.75 Å². The first-order valence-corrected chi connectivity index (χ1v) is 5.07. The molecule has 90 valence electrons. The number of rotatable bonds is 3. The number of aliphatic carboxylic acids is 1. The van der Waals surface area contributed by atoms with Crippen LogP contribution in [-0.4, -0.2) is 36.8 Å². The molecular weight excluding hydrogens is 224 g/mol. The van der Waals surface area contributed by atoms with Crippen LogP contribution in [0, 0.1) is 0 Å². The number of nitrogens with one attached hydrogen (secondary N) is 1. The fourth-order valence-electron chi connectivity index (χ4n) is 1.76. The highest BCUT2D eigenvalue weighted by Gasteiger charge is 2.37. The zero-order chi connectivity index (χ0) is 12.4. The number of ether oxygens (including phenoxy) is 1. The topological polar surface area (TPSA) is 78.9 Å². The number of methoxy groups -OCH3 is 1. The summed E-state index contributed by atoms with van der Waals surface area (Å²) in [6.07, 6.45) is 0. The van der Waals surface area contributed by atoms with E-state index in [1.165, 1.54) is 12.0 Å². The third kappa shape index (κ3) is 2.01. The van der Waals surface area contributed by atoms with Crippen LogP contribution in [0.15, 0.2) is 24.3 Å². The zero-order valence-electron chi connectivity index (χ0n) is 9.21. The van der Waals surface area contributed by atoms with Gasteiger partial charge in [-0.25, -0.2) is 9.59 Å². The summed E-state index contributed by atoms with van der Waals surface area (Å²) in [5, 5.41) is 11.5. The molecule has 1 aliphatic heterocycles. The minimum absolute atomic E-state index is 0.103. The largest absolute Gasteiger partial charge is 0.497 e. The summed E-state index contributed by atoms with van der Waals surface area (Å²) in [5.74, 6) is -0.461. The fourth-order valence-corrected chi connectivity index (χ4v) is 1.76. The number of nitrogens with zero attached hydrogens (tertiary/aromatic N) is 1. The minimum atomic E-state index is -1.04. The van der Waals surface area contributed by atoms with Crippen LogP contribution < -0.4 is 15.0 Å². The second kappa shape index (κ2) is 4.32. The molecule has 1 unspecified atom stereocenters. The monoisotopic (exact) mass is 236 g/mol. The SMILES string of the molecule is COc1cccc(N2C(=O)NCC2C(=O)O)c1. The lowest BCUT2D eigenvalue weighted by Gasteiger charge is -2.20. The van der Waals surface area contributed by atoms with Crippen molar-refractivity contribution < 1.29 is 19.4 Å². The number of hydrogen-bond acceptors (Lipinski definition) is 3. The molecule has 17 heavy (non-hydrogen) atoms. The van der Waals surface area contributed by atoms with Crippen molar-refractivity contribution in [2.75, 3.05) is 18.6 Å². The molecule has 0 aromatic heterocycles. The van der Waals surface area contributed by atoms with Crippen LogP contribution in [-0.2, 0) is 4.79 Å². The number of amides is 2. The van der Waals surface area contributed by atoms with Gasteiger partial charge in [0.15, 0.2) is 6.04 Å². The predicted octanol–water partition coefficient (Wildman–Crippen LogP) is 0.678. The summed E-state index contributed by atoms with van der Waals surface area (Å²) in [4.78, 5) is 23.8. The Morgan fingerprint density at radius 2 is 2.35 bits per heavy atom. The van der Waals surface area contributed by atoms with E-state index in [-0.39, 0.29) is 6.54 Å². The molecular formula is C11H12N2O4. The van der Waals surface area contributed by atoms with Crippen molar-refractivity contribution in [1.29, 1.82) is 0 Å². The van der Waals surface area contributed by atoms with E-state index in [9.17, 15) is 9.59 Å². The Hall–Kier alpha value is -2.24. The van der Waals surface area contributed by atoms with Gasteiger partial charge in [0.2, 0.25) is 0 Å². The molecule has 0 spiro atoms. The molecule has 1 aliphatic rings. The first-order chi connectivity index (χ1) is 8.13. The van der Waals surface area contributed by atoms with Crippen molar-refractivity contribution in [3.05, 3.63) is 24.3 Å². The third-order valence-electron chi connectivity index (χ3n) is 2.59. The average molecular weight is 236 g/mol. The van der Waals surface area contributed by atoms with E-state index in [0.717, 1.165) is 0 Å². The number of hydrogen-bond donors (Lipinski definition) is 2. The van der Waals surface area contributed by atoms with Gasteiger partial charge in [0.25, 0.3) is 0 Å². The number of carboxylic acid groups (broad SMARTS) is 1. The molecule has 1 aromatic rings. The highest BCUT2D eigenvalue weighted by Crippen LogP contribution is 2.24. The molecule has 1 atom stereocenters. The Bertz CT molecular complexity index is 461. The highest BCUT2D eigenvalue weighted by molar-refractivity contribution is 6.01. The van der Waals surface area contributed by atoms with Crippen LogP contribution >= 0.6 is 0 Å². The first-order valence-electron chi connectivity index (χ1n) is 5.07. The van der Waals surface area contributed by atoms with Crippen molar-refractivity contribution in [2.45, 2.75) is 6.04 Å². The lowest BCUT2D eigenvalue weighted by Crippen LogP contribution is -2.39. The molecule has 1 saturated heterocycles. The summed E-state index contributed by atoms with van der Waals surface area (Å²) in [6, 6.07) is 5.44. The summed E-state index contributed by atoms with van der Waals surface area (Å²) >= 11 is 0. The number of carbonyl (C=O) groups excluding carboxylic acids is 1.